The second kappa shape index (κ2) is 3.78. The zero-order chi connectivity index (χ0) is 5.15. The fraction of sp³-hybridized carbons (Fsp3) is 0. The van der Waals surface area contributed by atoms with Crippen molar-refractivity contribution in [1.29, 1.82) is 0 Å². The summed E-state index contributed by atoms with van der Waals surface area (Å²) in [5.41, 5.74) is 0. The van der Waals surface area contributed by atoms with E-state index in [2.05, 4.69) is 0 Å². The molecule has 0 atom stereocenters. The quantitative estimate of drug-likeness (QED) is 0.296. The van der Waals surface area contributed by atoms with Gasteiger partial charge in [-0.2, -0.15) is 0 Å². The van der Waals surface area contributed by atoms with Gasteiger partial charge in [-0.3, -0.25) is 0 Å². The van der Waals surface area contributed by atoms with Crippen LogP contribution in [-0.4, -0.2) is 11.9 Å². The van der Waals surface area contributed by atoms with Gasteiger partial charge < -0.3 is 19.8 Å². The van der Waals surface area contributed by atoms with Crippen LogP contribution in [0.3, 0.4) is 0 Å². The molecule has 0 aliphatic carbocycles. The number of hydrogen-bond acceptors (Lipinski definition) is 4. The van der Waals surface area contributed by atoms with E-state index in [-0.39, 0.29) is 20.4 Å². The summed E-state index contributed by atoms with van der Waals surface area (Å²) in [6.07, 6.45) is 0. The molecule has 0 aliphatic rings. The van der Waals surface area contributed by atoms with Crippen LogP contribution in [0.5, 0.6) is 0 Å². The van der Waals surface area contributed by atoms with Crippen LogP contribution in [0, 0.1) is 0 Å². The fourth-order valence-electron chi connectivity index (χ4n) is 0. The van der Waals surface area contributed by atoms with Crippen molar-refractivity contribution < 1.29 is 40.2 Å². The molecule has 4 nitrogen and oxygen atoms in total. The Morgan fingerprint density at radius 3 is 1.14 bits per heavy atom. The maximum Gasteiger partial charge on any atom is 2.00 e. The molecule has 0 fully saturated rings. The molecular weight excluding hydrogens is 194 g/mol. The van der Waals surface area contributed by atoms with Crippen LogP contribution in [0.1, 0.15) is 0 Å². The molecule has 0 aromatic heterocycles. The number of carboxylic acid groups (broad SMARTS) is 2. The zero-order valence-corrected chi connectivity index (χ0v) is 4.50. The second-order valence-corrected chi connectivity index (χ2v) is 0.575. The average molecular weight is 194 g/mol. The average Bonchev–Trinajstić information content (AvgIpc) is 1.36. The van der Waals surface area contributed by atoms with E-state index in [0.717, 1.165) is 0 Å². The molecular formula is C2O4Pd. The summed E-state index contributed by atoms with van der Waals surface area (Å²) in [6.45, 7) is 0. The third-order valence-corrected chi connectivity index (χ3v) is 0.167. The molecule has 0 amide bonds. The summed E-state index contributed by atoms with van der Waals surface area (Å²) in [5, 5.41) is 17.9. The third-order valence-electron chi connectivity index (χ3n) is 0.167. The molecule has 42 valence electrons. The third kappa shape index (κ3) is 5.60. The number of carbonyl (C=O) groups excluding carboxylic acids is 2. The number of aliphatic carboxylic acids is 2. The normalized spacial score (nSPS) is 6.29. The summed E-state index contributed by atoms with van der Waals surface area (Å²) in [4.78, 5) is 17.9. The van der Waals surface area contributed by atoms with Gasteiger partial charge in [-0.25, -0.2) is 0 Å². The molecule has 0 aliphatic heterocycles. The minimum absolute atomic E-state index is 0. The summed E-state index contributed by atoms with van der Waals surface area (Å²) in [6, 6.07) is 0. The smallest absolute Gasteiger partial charge is 0.543 e. The predicted octanol–water partition coefficient (Wildman–Crippen LogP) is -3.52. The SMILES string of the molecule is O=C([O-])C(=O)[O-].[Pd+2]. The van der Waals surface area contributed by atoms with E-state index >= 15 is 0 Å². The van der Waals surface area contributed by atoms with Crippen molar-refractivity contribution in [2.45, 2.75) is 0 Å². The molecule has 0 rings (SSSR count). The number of hydrogen-bond donors (Lipinski definition) is 0. The van der Waals surface area contributed by atoms with Crippen LogP contribution in [0.2, 0.25) is 0 Å². The molecule has 0 N–H and O–H groups in total. The first-order chi connectivity index (χ1) is 2.64. The standard InChI is InChI=1S/C2H2O4.Pd/c3-1(4)2(5)6;/h(H,3,4)(H,5,6);/q;+2/p-2. The molecule has 0 bridgehead atoms. The van der Waals surface area contributed by atoms with E-state index in [4.69, 9.17) is 19.8 Å². The van der Waals surface area contributed by atoms with E-state index in [1.807, 2.05) is 0 Å². The van der Waals surface area contributed by atoms with Crippen LogP contribution in [-0.2, 0) is 30.0 Å². The van der Waals surface area contributed by atoms with Crippen molar-refractivity contribution in [3.8, 4) is 0 Å². The Bertz CT molecular complexity index is 75.7. The number of carboxylic acids is 2. The van der Waals surface area contributed by atoms with Gasteiger partial charge in [-0.1, -0.05) is 0 Å². The maximum atomic E-state index is 8.93. The molecule has 5 heteroatoms. The van der Waals surface area contributed by atoms with Crippen LogP contribution in [0.25, 0.3) is 0 Å². The van der Waals surface area contributed by atoms with E-state index < -0.39 is 11.9 Å². The van der Waals surface area contributed by atoms with Crippen LogP contribution in [0.4, 0.5) is 0 Å². The van der Waals surface area contributed by atoms with Crippen molar-refractivity contribution in [3.63, 3.8) is 0 Å². The van der Waals surface area contributed by atoms with Gasteiger partial charge in [0.05, 0.1) is 11.9 Å². The van der Waals surface area contributed by atoms with Crippen LogP contribution < -0.4 is 10.2 Å². The number of rotatable bonds is 0. The van der Waals surface area contributed by atoms with Crippen LogP contribution in [0.15, 0.2) is 0 Å². The van der Waals surface area contributed by atoms with Crippen LogP contribution >= 0.6 is 0 Å². The molecule has 0 radical (unpaired) electrons. The minimum Gasteiger partial charge on any atom is -0.543 e. The Morgan fingerprint density at radius 1 is 1.00 bits per heavy atom. The van der Waals surface area contributed by atoms with Gasteiger partial charge in [-0.05, 0) is 0 Å². The van der Waals surface area contributed by atoms with Crippen molar-refractivity contribution in [1.82, 2.24) is 0 Å². The Kier molecular flexibility index (Phi) is 5.28. The zero-order valence-electron chi connectivity index (χ0n) is 2.95. The van der Waals surface area contributed by atoms with Crippen molar-refractivity contribution in [2.24, 2.45) is 0 Å². The molecule has 0 heterocycles. The topological polar surface area (TPSA) is 80.3 Å². The molecule has 0 aromatic carbocycles. The Balaban J connectivity index is 0. The van der Waals surface area contributed by atoms with E-state index in [9.17, 15) is 0 Å². The van der Waals surface area contributed by atoms with Crippen molar-refractivity contribution in [3.05, 3.63) is 0 Å². The Morgan fingerprint density at radius 2 is 1.14 bits per heavy atom. The van der Waals surface area contributed by atoms with Gasteiger partial charge in [0.25, 0.3) is 0 Å². The monoisotopic (exact) mass is 194 g/mol. The minimum atomic E-state index is -2.19. The van der Waals surface area contributed by atoms with Crippen molar-refractivity contribution in [2.75, 3.05) is 0 Å². The van der Waals surface area contributed by atoms with E-state index in [1.54, 1.807) is 0 Å². The van der Waals surface area contributed by atoms with Gasteiger partial charge in [0.1, 0.15) is 0 Å². The van der Waals surface area contributed by atoms with Gasteiger partial charge >= 0.3 is 20.4 Å². The summed E-state index contributed by atoms with van der Waals surface area (Å²) < 4.78 is 0. The van der Waals surface area contributed by atoms with Crippen molar-refractivity contribution >= 4 is 11.9 Å². The predicted molar refractivity (Wildman–Crippen MR) is 10.0 cm³/mol. The van der Waals surface area contributed by atoms with Gasteiger partial charge in [0, 0.05) is 0 Å². The first-order valence-corrected chi connectivity index (χ1v) is 1.07. The molecule has 0 aromatic rings. The Labute approximate surface area is 52.8 Å². The van der Waals surface area contributed by atoms with E-state index in [1.165, 1.54) is 0 Å². The van der Waals surface area contributed by atoms with Gasteiger partial charge in [0.15, 0.2) is 0 Å². The summed E-state index contributed by atoms with van der Waals surface area (Å²) in [7, 11) is 0. The first kappa shape index (κ1) is 9.78. The molecule has 0 unspecified atom stereocenters. The van der Waals surface area contributed by atoms with E-state index in [0.29, 0.717) is 0 Å². The van der Waals surface area contributed by atoms with Gasteiger partial charge in [-0.15, -0.1) is 0 Å². The molecule has 0 spiro atoms. The number of carbonyl (C=O) groups is 2. The Hall–Kier alpha value is -0.398. The maximum absolute atomic E-state index is 8.93. The molecule has 0 saturated carbocycles. The summed E-state index contributed by atoms with van der Waals surface area (Å²) >= 11 is 0. The summed E-state index contributed by atoms with van der Waals surface area (Å²) in [5.74, 6) is -4.37. The first-order valence-electron chi connectivity index (χ1n) is 1.07. The molecule has 0 saturated heterocycles. The fourth-order valence-corrected chi connectivity index (χ4v) is 0. The second-order valence-electron chi connectivity index (χ2n) is 0.575. The van der Waals surface area contributed by atoms with Gasteiger partial charge in [0.2, 0.25) is 0 Å². The molecule has 7 heavy (non-hydrogen) atoms. The largest absolute Gasteiger partial charge is 2.00 e.